The molecule has 0 unspecified atom stereocenters. The topological polar surface area (TPSA) is 46.5 Å². The number of carboxylic acids is 1. The van der Waals surface area contributed by atoms with E-state index in [0.29, 0.717) is 12.4 Å². The normalized spacial score (nSPS) is 9.65. The molecule has 0 bridgehead atoms. The van der Waals surface area contributed by atoms with Crippen LogP contribution in [0.2, 0.25) is 0 Å². The second kappa shape index (κ2) is 7.56. The van der Waals surface area contributed by atoms with E-state index in [4.69, 9.17) is 9.84 Å². The number of benzene rings is 2. The third-order valence-electron chi connectivity index (χ3n) is 2.78. The SMILES string of the molecule is CCCOc1cc(-c2ccccc2)ccc1C(=O)O.Cl. The van der Waals surface area contributed by atoms with Gasteiger partial charge in [0.2, 0.25) is 0 Å². The van der Waals surface area contributed by atoms with Gasteiger partial charge in [0.15, 0.2) is 0 Å². The molecule has 0 saturated carbocycles. The van der Waals surface area contributed by atoms with Crippen LogP contribution in [0.25, 0.3) is 11.1 Å². The van der Waals surface area contributed by atoms with Gasteiger partial charge in [-0.3, -0.25) is 0 Å². The molecule has 0 aliphatic rings. The average Bonchev–Trinajstić information content (AvgIpc) is 2.45. The van der Waals surface area contributed by atoms with Crippen LogP contribution in [-0.2, 0) is 0 Å². The molecule has 0 spiro atoms. The fraction of sp³-hybridized carbons (Fsp3) is 0.188. The summed E-state index contributed by atoms with van der Waals surface area (Å²) in [7, 11) is 0. The van der Waals surface area contributed by atoms with Crippen LogP contribution in [-0.4, -0.2) is 17.7 Å². The summed E-state index contributed by atoms with van der Waals surface area (Å²) in [6.45, 7) is 2.50. The van der Waals surface area contributed by atoms with Gasteiger partial charge in [-0.25, -0.2) is 4.79 Å². The Kier molecular flexibility index (Phi) is 6.07. The van der Waals surface area contributed by atoms with E-state index < -0.39 is 5.97 Å². The molecule has 106 valence electrons. The van der Waals surface area contributed by atoms with E-state index in [1.165, 1.54) is 0 Å². The van der Waals surface area contributed by atoms with E-state index >= 15 is 0 Å². The Labute approximate surface area is 124 Å². The van der Waals surface area contributed by atoms with Crippen LogP contribution in [0.3, 0.4) is 0 Å². The molecular formula is C16H17ClO3. The van der Waals surface area contributed by atoms with Crippen LogP contribution in [0.4, 0.5) is 0 Å². The van der Waals surface area contributed by atoms with Crippen LogP contribution >= 0.6 is 12.4 Å². The van der Waals surface area contributed by atoms with Crippen LogP contribution in [0.1, 0.15) is 23.7 Å². The highest BCUT2D eigenvalue weighted by atomic mass is 35.5. The molecule has 0 heterocycles. The molecule has 3 nitrogen and oxygen atoms in total. The van der Waals surface area contributed by atoms with Crippen molar-refractivity contribution in [2.24, 2.45) is 0 Å². The van der Waals surface area contributed by atoms with E-state index in [0.717, 1.165) is 17.5 Å². The maximum absolute atomic E-state index is 11.2. The third-order valence-corrected chi connectivity index (χ3v) is 2.78. The number of carboxylic acid groups (broad SMARTS) is 1. The van der Waals surface area contributed by atoms with Crippen molar-refractivity contribution in [3.8, 4) is 16.9 Å². The first-order chi connectivity index (χ1) is 9.22. The van der Waals surface area contributed by atoms with E-state index in [2.05, 4.69) is 0 Å². The van der Waals surface area contributed by atoms with Gasteiger partial charge in [-0.15, -0.1) is 12.4 Å². The Morgan fingerprint density at radius 1 is 1.10 bits per heavy atom. The number of aromatic carboxylic acids is 1. The Bertz CT molecular complexity index is 567. The van der Waals surface area contributed by atoms with Gasteiger partial charge in [-0.1, -0.05) is 43.3 Å². The second-order valence-corrected chi connectivity index (χ2v) is 4.23. The average molecular weight is 293 g/mol. The smallest absolute Gasteiger partial charge is 0.339 e. The molecule has 0 aliphatic heterocycles. The van der Waals surface area contributed by atoms with Crippen molar-refractivity contribution in [3.05, 3.63) is 54.1 Å². The molecule has 0 amide bonds. The van der Waals surface area contributed by atoms with E-state index in [-0.39, 0.29) is 18.0 Å². The fourth-order valence-corrected chi connectivity index (χ4v) is 1.84. The van der Waals surface area contributed by atoms with Crippen LogP contribution < -0.4 is 4.74 Å². The zero-order valence-corrected chi connectivity index (χ0v) is 12.0. The quantitative estimate of drug-likeness (QED) is 0.895. The summed E-state index contributed by atoms with van der Waals surface area (Å²) in [5.41, 5.74) is 2.20. The first kappa shape index (κ1) is 16.1. The minimum Gasteiger partial charge on any atom is -0.493 e. The summed E-state index contributed by atoms with van der Waals surface area (Å²) in [6.07, 6.45) is 0.842. The van der Waals surface area contributed by atoms with Crippen molar-refractivity contribution in [2.75, 3.05) is 6.61 Å². The number of hydrogen-bond donors (Lipinski definition) is 1. The number of halogens is 1. The summed E-state index contributed by atoms with van der Waals surface area (Å²) >= 11 is 0. The molecule has 2 aromatic carbocycles. The largest absolute Gasteiger partial charge is 0.493 e. The third kappa shape index (κ3) is 3.75. The van der Waals surface area contributed by atoms with E-state index in [9.17, 15) is 4.79 Å². The van der Waals surface area contributed by atoms with Gasteiger partial charge in [0.05, 0.1) is 6.61 Å². The van der Waals surface area contributed by atoms with E-state index in [1.807, 2.05) is 37.3 Å². The molecular weight excluding hydrogens is 276 g/mol. The Balaban J connectivity index is 0.00000200. The van der Waals surface area contributed by atoms with Crippen molar-refractivity contribution in [2.45, 2.75) is 13.3 Å². The molecule has 0 aromatic heterocycles. The fourth-order valence-electron chi connectivity index (χ4n) is 1.84. The Morgan fingerprint density at radius 2 is 1.80 bits per heavy atom. The van der Waals surface area contributed by atoms with Gasteiger partial charge < -0.3 is 9.84 Å². The first-order valence-electron chi connectivity index (χ1n) is 6.28. The summed E-state index contributed by atoms with van der Waals surface area (Å²) < 4.78 is 5.53. The summed E-state index contributed by atoms with van der Waals surface area (Å²) in [5.74, 6) is -0.540. The number of rotatable bonds is 5. The van der Waals surface area contributed by atoms with Crippen molar-refractivity contribution < 1.29 is 14.6 Å². The molecule has 20 heavy (non-hydrogen) atoms. The molecule has 1 N–H and O–H groups in total. The van der Waals surface area contributed by atoms with Gasteiger partial charge in [-0.2, -0.15) is 0 Å². The Hall–Kier alpha value is -2.00. The molecule has 0 radical (unpaired) electrons. The first-order valence-corrected chi connectivity index (χ1v) is 6.28. The summed E-state index contributed by atoms with van der Waals surface area (Å²) in [4.78, 5) is 11.2. The standard InChI is InChI=1S/C16H16O3.ClH/c1-2-10-19-15-11-13(8-9-14(15)16(17)18)12-6-4-3-5-7-12;/h3-9,11H,2,10H2,1H3,(H,17,18);1H. The molecule has 0 saturated heterocycles. The Morgan fingerprint density at radius 3 is 2.40 bits per heavy atom. The van der Waals surface area contributed by atoms with Crippen molar-refractivity contribution in [1.82, 2.24) is 0 Å². The van der Waals surface area contributed by atoms with Gasteiger partial charge in [-0.05, 0) is 29.7 Å². The predicted octanol–water partition coefficient (Wildman–Crippen LogP) is 4.26. The molecule has 4 heteroatoms. The van der Waals surface area contributed by atoms with Crippen molar-refractivity contribution in [3.63, 3.8) is 0 Å². The zero-order chi connectivity index (χ0) is 13.7. The second-order valence-electron chi connectivity index (χ2n) is 4.23. The molecule has 2 rings (SSSR count). The van der Waals surface area contributed by atoms with Crippen LogP contribution in [0.5, 0.6) is 5.75 Å². The van der Waals surface area contributed by atoms with Gasteiger partial charge in [0.1, 0.15) is 11.3 Å². The highest BCUT2D eigenvalue weighted by Gasteiger charge is 2.12. The number of carbonyl (C=O) groups is 1. The highest BCUT2D eigenvalue weighted by Crippen LogP contribution is 2.27. The summed E-state index contributed by atoms with van der Waals surface area (Å²) in [5, 5.41) is 9.15. The van der Waals surface area contributed by atoms with Crippen LogP contribution in [0.15, 0.2) is 48.5 Å². The number of hydrogen-bond acceptors (Lipinski definition) is 2. The van der Waals surface area contributed by atoms with Gasteiger partial charge in [0, 0.05) is 0 Å². The van der Waals surface area contributed by atoms with Crippen LogP contribution in [0, 0.1) is 0 Å². The van der Waals surface area contributed by atoms with Crippen molar-refractivity contribution >= 4 is 18.4 Å². The maximum atomic E-state index is 11.2. The molecule has 0 atom stereocenters. The lowest BCUT2D eigenvalue weighted by Crippen LogP contribution is -2.04. The molecule has 0 fully saturated rings. The molecule has 2 aromatic rings. The van der Waals surface area contributed by atoms with Crippen molar-refractivity contribution in [1.29, 1.82) is 0 Å². The lowest BCUT2D eigenvalue weighted by molar-refractivity contribution is 0.0692. The molecule has 0 aliphatic carbocycles. The van der Waals surface area contributed by atoms with Gasteiger partial charge in [0.25, 0.3) is 0 Å². The lowest BCUT2D eigenvalue weighted by Gasteiger charge is -2.10. The minimum atomic E-state index is -0.967. The predicted molar refractivity (Wildman–Crippen MR) is 81.9 cm³/mol. The zero-order valence-electron chi connectivity index (χ0n) is 11.2. The van der Waals surface area contributed by atoms with E-state index in [1.54, 1.807) is 18.2 Å². The summed E-state index contributed by atoms with van der Waals surface area (Å²) in [6, 6.07) is 15.0. The monoisotopic (exact) mass is 292 g/mol. The van der Waals surface area contributed by atoms with Gasteiger partial charge >= 0.3 is 5.97 Å². The minimum absolute atomic E-state index is 0. The maximum Gasteiger partial charge on any atom is 0.339 e. The number of ether oxygens (including phenoxy) is 1. The highest BCUT2D eigenvalue weighted by molar-refractivity contribution is 5.92. The lowest BCUT2D eigenvalue weighted by atomic mass is 10.0.